The van der Waals surface area contributed by atoms with Gasteiger partial charge in [0.05, 0.1) is 4.91 Å². The number of hydrogen-bond acceptors (Lipinski definition) is 6. The summed E-state index contributed by atoms with van der Waals surface area (Å²) < 4.78 is 18.3. The number of benzene rings is 2. The monoisotopic (exact) mass is 442 g/mol. The molecule has 2 aromatic carbocycles. The van der Waals surface area contributed by atoms with Gasteiger partial charge in [-0.2, -0.15) is 0 Å². The Bertz CT molecular complexity index is 1030. The molecule has 0 radical (unpaired) electrons. The highest BCUT2D eigenvalue weighted by Gasteiger charge is 2.34. The van der Waals surface area contributed by atoms with Gasteiger partial charge in [0.1, 0.15) is 11.6 Å². The molecule has 0 bridgehead atoms. The third-order valence-electron chi connectivity index (χ3n) is 4.33. The fraction of sp³-hybridized carbons (Fsp3) is 0.182. The van der Waals surface area contributed by atoms with Gasteiger partial charge in [-0.3, -0.25) is 24.1 Å². The molecule has 0 aromatic heterocycles. The van der Waals surface area contributed by atoms with Gasteiger partial charge >= 0.3 is 0 Å². The van der Waals surface area contributed by atoms with Crippen LogP contribution in [-0.4, -0.2) is 47.4 Å². The number of rotatable bonds is 8. The average molecular weight is 442 g/mol. The van der Waals surface area contributed by atoms with E-state index in [-0.39, 0.29) is 30.4 Å². The van der Waals surface area contributed by atoms with E-state index in [4.69, 9.17) is 4.74 Å². The van der Waals surface area contributed by atoms with Gasteiger partial charge in [-0.15, -0.1) is 0 Å². The van der Waals surface area contributed by atoms with E-state index >= 15 is 0 Å². The quantitative estimate of drug-likeness (QED) is 0.498. The molecular weight excluding hydrogens is 423 g/mol. The molecule has 0 atom stereocenters. The van der Waals surface area contributed by atoms with E-state index in [1.807, 2.05) is 0 Å². The molecule has 3 amide bonds. The lowest BCUT2D eigenvalue weighted by Crippen LogP contribution is -2.38. The molecule has 2 aromatic rings. The summed E-state index contributed by atoms with van der Waals surface area (Å²) in [6.45, 7) is 1.31. The molecule has 0 aliphatic carbocycles. The lowest BCUT2D eigenvalue weighted by Gasteiger charge is -2.13. The van der Waals surface area contributed by atoms with Gasteiger partial charge in [-0.25, -0.2) is 4.39 Å². The molecular formula is C22H19FN2O5S. The second-order valence-electron chi connectivity index (χ2n) is 6.60. The zero-order chi connectivity index (χ0) is 22.4. The van der Waals surface area contributed by atoms with E-state index in [0.29, 0.717) is 16.9 Å². The van der Waals surface area contributed by atoms with E-state index in [1.54, 1.807) is 24.3 Å². The summed E-state index contributed by atoms with van der Waals surface area (Å²) in [5.41, 5.74) is 1.15. The Morgan fingerprint density at radius 3 is 2.42 bits per heavy atom. The van der Waals surface area contributed by atoms with Gasteiger partial charge in [-0.05, 0) is 66.7 Å². The highest BCUT2D eigenvalue weighted by molar-refractivity contribution is 8.18. The van der Waals surface area contributed by atoms with Crippen molar-refractivity contribution in [2.24, 2.45) is 0 Å². The van der Waals surface area contributed by atoms with Crippen molar-refractivity contribution in [1.29, 1.82) is 0 Å². The predicted octanol–water partition coefficient (Wildman–Crippen LogP) is 3.26. The topological polar surface area (TPSA) is 92.8 Å². The summed E-state index contributed by atoms with van der Waals surface area (Å²) >= 11 is 0.794. The molecule has 9 heteroatoms. The minimum absolute atomic E-state index is 0.0183. The summed E-state index contributed by atoms with van der Waals surface area (Å²) in [5, 5.41) is 2.15. The Morgan fingerprint density at radius 2 is 1.77 bits per heavy atom. The summed E-state index contributed by atoms with van der Waals surface area (Å²) in [5.74, 6) is -0.890. The Balaban J connectivity index is 1.45. The van der Waals surface area contributed by atoms with Crippen molar-refractivity contribution >= 4 is 40.7 Å². The molecule has 0 spiro atoms. The number of nitrogens with zero attached hydrogens (tertiary/aromatic N) is 1. The largest absolute Gasteiger partial charge is 0.484 e. The number of ether oxygens (including phenoxy) is 1. The van der Waals surface area contributed by atoms with Crippen LogP contribution in [0.2, 0.25) is 0 Å². The number of carbonyl (C=O) groups excluding carboxylic acids is 4. The van der Waals surface area contributed by atoms with Crippen molar-refractivity contribution < 1.29 is 28.3 Å². The molecule has 1 fully saturated rings. The summed E-state index contributed by atoms with van der Waals surface area (Å²) in [6.07, 6.45) is 1.52. The van der Waals surface area contributed by atoms with Crippen LogP contribution < -0.4 is 10.1 Å². The van der Waals surface area contributed by atoms with Crippen LogP contribution in [0.3, 0.4) is 0 Å². The zero-order valence-corrected chi connectivity index (χ0v) is 17.4. The first-order chi connectivity index (χ1) is 14.8. The van der Waals surface area contributed by atoms with Crippen molar-refractivity contribution in [3.63, 3.8) is 0 Å². The molecule has 1 heterocycles. The number of hydrogen-bond donors (Lipinski definition) is 1. The van der Waals surface area contributed by atoms with Crippen LogP contribution in [0, 0.1) is 5.82 Å². The molecule has 7 nitrogen and oxygen atoms in total. The smallest absolute Gasteiger partial charge is 0.293 e. The first-order valence-electron chi connectivity index (χ1n) is 9.35. The van der Waals surface area contributed by atoms with E-state index in [1.165, 1.54) is 37.3 Å². The summed E-state index contributed by atoms with van der Waals surface area (Å²) in [7, 11) is 0. The molecule has 3 rings (SSSR count). The van der Waals surface area contributed by atoms with Crippen LogP contribution in [0.5, 0.6) is 5.75 Å². The number of carbonyl (C=O) groups is 4. The van der Waals surface area contributed by atoms with E-state index in [2.05, 4.69) is 5.32 Å². The molecule has 0 saturated carbocycles. The number of amides is 3. The van der Waals surface area contributed by atoms with Crippen molar-refractivity contribution in [1.82, 2.24) is 10.2 Å². The number of Topliss-reactive ketones (excluding diaryl/α,β-unsaturated/α-hetero) is 1. The number of nitrogens with one attached hydrogen (secondary N) is 1. The lowest BCUT2D eigenvalue weighted by molar-refractivity contribution is -0.125. The maximum Gasteiger partial charge on any atom is 0.293 e. The summed E-state index contributed by atoms with van der Waals surface area (Å²) in [4.78, 5) is 49.0. The van der Waals surface area contributed by atoms with Crippen molar-refractivity contribution in [2.75, 3.05) is 19.7 Å². The molecule has 1 aliphatic heterocycles. The molecule has 1 saturated heterocycles. The maximum atomic E-state index is 13.0. The van der Waals surface area contributed by atoms with E-state index in [9.17, 15) is 23.6 Å². The second-order valence-corrected chi connectivity index (χ2v) is 7.60. The van der Waals surface area contributed by atoms with Gasteiger partial charge < -0.3 is 10.1 Å². The number of thioether (sulfide) groups is 1. The maximum absolute atomic E-state index is 13.0. The fourth-order valence-corrected chi connectivity index (χ4v) is 3.56. The van der Waals surface area contributed by atoms with E-state index < -0.39 is 22.9 Å². The fourth-order valence-electron chi connectivity index (χ4n) is 2.70. The van der Waals surface area contributed by atoms with Crippen molar-refractivity contribution in [2.45, 2.75) is 6.92 Å². The molecule has 0 unspecified atom stereocenters. The third-order valence-corrected chi connectivity index (χ3v) is 5.24. The van der Waals surface area contributed by atoms with Gasteiger partial charge in [0, 0.05) is 18.7 Å². The minimum atomic E-state index is -0.463. The highest BCUT2D eigenvalue weighted by atomic mass is 32.2. The number of ketones is 1. The Labute approximate surface area is 182 Å². The van der Waals surface area contributed by atoms with Gasteiger partial charge in [-0.1, -0.05) is 12.1 Å². The SMILES string of the molecule is CC(=O)c1ccc(OCC(=O)NCCN2C(=O)S/C(=C\c3ccc(F)cc3)C2=O)cc1. The second kappa shape index (κ2) is 10.0. The normalized spacial score (nSPS) is 14.8. The van der Waals surface area contributed by atoms with Gasteiger partial charge in [0.25, 0.3) is 17.1 Å². The zero-order valence-electron chi connectivity index (χ0n) is 16.6. The van der Waals surface area contributed by atoms with Crippen LogP contribution in [0.25, 0.3) is 6.08 Å². The molecule has 160 valence electrons. The molecule has 31 heavy (non-hydrogen) atoms. The van der Waals surface area contributed by atoms with Crippen LogP contribution in [0.15, 0.2) is 53.4 Å². The van der Waals surface area contributed by atoms with Crippen LogP contribution in [0.4, 0.5) is 9.18 Å². The standard InChI is InChI=1S/C22H19FN2O5S/c1-14(26)16-4-8-18(9-5-16)30-13-20(27)24-10-11-25-21(28)19(31-22(25)29)12-15-2-6-17(23)7-3-15/h2-9,12H,10-11,13H2,1H3,(H,24,27)/b19-12-. The average Bonchev–Trinajstić information content (AvgIpc) is 3.01. The van der Waals surface area contributed by atoms with Gasteiger partial charge in [0.15, 0.2) is 12.4 Å². The van der Waals surface area contributed by atoms with Crippen LogP contribution >= 0.6 is 11.8 Å². The molecule has 1 aliphatic rings. The minimum Gasteiger partial charge on any atom is -0.484 e. The number of halogens is 1. The van der Waals surface area contributed by atoms with Crippen molar-refractivity contribution in [3.05, 3.63) is 70.4 Å². The third kappa shape index (κ3) is 6.02. The predicted molar refractivity (Wildman–Crippen MR) is 114 cm³/mol. The first kappa shape index (κ1) is 22.2. The Hall–Kier alpha value is -3.46. The number of imide groups is 1. The molecule has 1 N–H and O–H groups in total. The lowest BCUT2D eigenvalue weighted by atomic mass is 10.1. The first-order valence-corrected chi connectivity index (χ1v) is 10.2. The van der Waals surface area contributed by atoms with Crippen molar-refractivity contribution in [3.8, 4) is 5.75 Å². The van der Waals surface area contributed by atoms with Crippen LogP contribution in [0.1, 0.15) is 22.8 Å². The van der Waals surface area contributed by atoms with E-state index in [0.717, 1.165) is 16.7 Å². The Kier molecular flexibility index (Phi) is 7.19. The van der Waals surface area contributed by atoms with Gasteiger partial charge in [0.2, 0.25) is 0 Å². The van der Waals surface area contributed by atoms with Crippen LogP contribution in [-0.2, 0) is 9.59 Å². The highest BCUT2D eigenvalue weighted by Crippen LogP contribution is 2.31. The summed E-state index contributed by atoms with van der Waals surface area (Å²) in [6, 6.07) is 12.0. The Morgan fingerprint density at radius 1 is 1.10 bits per heavy atom.